The number of fused-ring (bicyclic) bond motifs is 1. The van der Waals surface area contributed by atoms with Crippen molar-refractivity contribution in [3.8, 4) is 0 Å². The van der Waals surface area contributed by atoms with Gasteiger partial charge in [-0.25, -0.2) is 0 Å². The monoisotopic (exact) mass is 288 g/mol. The molecular weight excluding hydrogens is 264 g/mol. The van der Waals surface area contributed by atoms with E-state index in [9.17, 15) is 9.90 Å². The summed E-state index contributed by atoms with van der Waals surface area (Å²) in [4.78, 5) is 15.0. The first-order chi connectivity index (χ1) is 10.1. The van der Waals surface area contributed by atoms with Gasteiger partial charge in [-0.05, 0) is 30.4 Å². The van der Waals surface area contributed by atoms with Crippen molar-refractivity contribution in [3.63, 3.8) is 0 Å². The van der Waals surface area contributed by atoms with Gasteiger partial charge in [0.1, 0.15) is 0 Å². The fourth-order valence-corrected chi connectivity index (χ4v) is 2.37. The van der Waals surface area contributed by atoms with E-state index in [1.165, 1.54) is 10.9 Å². The van der Waals surface area contributed by atoms with E-state index in [0.717, 1.165) is 11.9 Å². The number of aromatic amines is 1. The highest BCUT2D eigenvalue weighted by Gasteiger charge is 2.10. The Morgan fingerprint density at radius 2 is 2.10 bits per heavy atom. The zero-order valence-electron chi connectivity index (χ0n) is 12.7. The van der Waals surface area contributed by atoms with Gasteiger partial charge in [0.15, 0.2) is 0 Å². The number of aliphatic hydroxyl groups excluding tert-OH is 1. The van der Waals surface area contributed by atoms with E-state index in [4.69, 9.17) is 0 Å². The fraction of sp³-hybridized carbons (Fsp3) is 0.471. The van der Waals surface area contributed by atoms with Crippen molar-refractivity contribution in [2.75, 3.05) is 6.54 Å². The Bertz CT molecular complexity index is 589. The molecule has 0 saturated heterocycles. The number of aromatic nitrogens is 1. The predicted molar refractivity (Wildman–Crippen MR) is 85.1 cm³/mol. The van der Waals surface area contributed by atoms with Crippen molar-refractivity contribution in [1.82, 2.24) is 10.3 Å². The van der Waals surface area contributed by atoms with E-state index < -0.39 is 0 Å². The molecule has 1 atom stereocenters. The molecule has 0 aliphatic rings. The van der Waals surface area contributed by atoms with Crippen molar-refractivity contribution in [2.24, 2.45) is 5.92 Å². The Labute approximate surface area is 125 Å². The van der Waals surface area contributed by atoms with Gasteiger partial charge in [-0.1, -0.05) is 32.0 Å². The SMILES string of the molecule is CC(C)C(O)CCNC(=O)CCc1c[nH]c2ccccc12. The molecule has 1 unspecified atom stereocenters. The molecule has 1 aromatic carbocycles. The van der Waals surface area contributed by atoms with Crippen LogP contribution in [-0.2, 0) is 11.2 Å². The van der Waals surface area contributed by atoms with Crippen molar-refractivity contribution in [1.29, 1.82) is 0 Å². The van der Waals surface area contributed by atoms with Crippen LogP contribution in [0.1, 0.15) is 32.3 Å². The molecule has 2 aromatic rings. The van der Waals surface area contributed by atoms with Gasteiger partial charge >= 0.3 is 0 Å². The van der Waals surface area contributed by atoms with Crippen LogP contribution >= 0.6 is 0 Å². The summed E-state index contributed by atoms with van der Waals surface area (Å²) < 4.78 is 0. The van der Waals surface area contributed by atoms with E-state index in [1.807, 2.05) is 38.2 Å². The molecular formula is C17H24N2O2. The van der Waals surface area contributed by atoms with Crippen LogP contribution < -0.4 is 5.32 Å². The minimum atomic E-state index is -0.348. The number of H-pyrrole nitrogens is 1. The molecule has 0 fully saturated rings. The minimum absolute atomic E-state index is 0.0382. The second-order valence-electron chi connectivity index (χ2n) is 5.81. The maximum Gasteiger partial charge on any atom is 0.220 e. The van der Waals surface area contributed by atoms with Crippen LogP contribution in [0.5, 0.6) is 0 Å². The number of carbonyl (C=O) groups excluding carboxylic acids is 1. The van der Waals surface area contributed by atoms with Crippen LogP contribution in [0, 0.1) is 5.92 Å². The normalized spacial score (nSPS) is 12.8. The summed E-state index contributed by atoms with van der Waals surface area (Å²) in [5, 5.41) is 13.7. The lowest BCUT2D eigenvalue weighted by Crippen LogP contribution is -2.28. The van der Waals surface area contributed by atoms with E-state index in [-0.39, 0.29) is 17.9 Å². The van der Waals surface area contributed by atoms with Crippen LogP contribution in [0.3, 0.4) is 0 Å². The highest BCUT2D eigenvalue weighted by atomic mass is 16.3. The van der Waals surface area contributed by atoms with Gasteiger partial charge in [-0.15, -0.1) is 0 Å². The van der Waals surface area contributed by atoms with Crippen LogP contribution in [0.2, 0.25) is 0 Å². The number of para-hydroxylation sites is 1. The number of hydrogen-bond acceptors (Lipinski definition) is 2. The van der Waals surface area contributed by atoms with E-state index in [1.54, 1.807) is 0 Å². The maximum atomic E-state index is 11.8. The number of rotatable bonds is 7. The average molecular weight is 288 g/mol. The molecule has 3 N–H and O–H groups in total. The number of aliphatic hydroxyl groups is 1. The Kier molecular flexibility index (Phi) is 5.39. The zero-order valence-corrected chi connectivity index (χ0v) is 12.7. The maximum absolute atomic E-state index is 11.8. The number of amides is 1. The Morgan fingerprint density at radius 1 is 1.33 bits per heavy atom. The quantitative estimate of drug-likeness (QED) is 0.733. The van der Waals surface area contributed by atoms with Crippen molar-refractivity contribution in [2.45, 2.75) is 39.2 Å². The van der Waals surface area contributed by atoms with Gasteiger partial charge in [0, 0.05) is 30.1 Å². The first-order valence-electron chi connectivity index (χ1n) is 7.57. The summed E-state index contributed by atoms with van der Waals surface area (Å²) in [5.41, 5.74) is 2.27. The number of aryl methyl sites for hydroxylation is 1. The molecule has 21 heavy (non-hydrogen) atoms. The molecule has 0 spiro atoms. The zero-order chi connectivity index (χ0) is 15.2. The van der Waals surface area contributed by atoms with Crippen molar-refractivity contribution < 1.29 is 9.90 Å². The van der Waals surface area contributed by atoms with Crippen LogP contribution in [0.15, 0.2) is 30.5 Å². The summed E-state index contributed by atoms with van der Waals surface area (Å²) in [6.07, 6.45) is 3.43. The van der Waals surface area contributed by atoms with Crippen LogP contribution in [0.4, 0.5) is 0 Å². The number of hydrogen-bond donors (Lipinski definition) is 3. The third-order valence-corrected chi connectivity index (χ3v) is 3.83. The average Bonchev–Trinajstić information content (AvgIpc) is 2.88. The number of nitrogens with one attached hydrogen (secondary N) is 2. The lowest BCUT2D eigenvalue weighted by molar-refractivity contribution is -0.121. The Hall–Kier alpha value is -1.81. The van der Waals surface area contributed by atoms with Crippen LogP contribution in [-0.4, -0.2) is 28.6 Å². The second kappa shape index (κ2) is 7.27. The summed E-state index contributed by atoms with van der Waals surface area (Å²) >= 11 is 0. The molecule has 0 radical (unpaired) electrons. The third-order valence-electron chi connectivity index (χ3n) is 3.83. The van der Waals surface area contributed by atoms with Gasteiger partial charge in [-0.3, -0.25) is 4.79 Å². The summed E-state index contributed by atoms with van der Waals surface area (Å²) in [6.45, 7) is 4.49. The molecule has 0 aliphatic heterocycles. The fourth-order valence-electron chi connectivity index (χ4n) is 2.37. The van der Waals surface area contributed by atoms with Gasteiger partial charge in [0.25, 0.3) is 0 Å². The third kappa shape index (κ3) is 4.33. The van der Waals surface area contributed by atoms with Gasteiger partial charge in [0.05, 0.1) is 6.10 Å². The minimum Gasteiger partial charge on any atom is -0.393 e. The highest BCUT2D eigenvalue weighted by molar-refractivity contribution is 5.84. The topological polar surface area (TPSA) is 65.1 Å². The van der Waals surface area contributed by atoms with Gasteiger partial charge in [-0.2, -0.15) is 0 Å². The van der Waals surface area contributed by atoms with Crippen molar-refractivity contribution >= 4 is 16.8 Å². The number of carbonyl (C=O) groups is 1. The highest BCUT2D eigenvalue weighted by Crippen LogP contribution is 2.18. The molecule has 1 heterocycles. The first kappa shape index (κ1) is 15.6. The molecule has 4 heteroatoms. The van der Waals surface area contributed by atoms with E-state index in [0.29, 0.717) is 19.4 Å². The van der Waals surface area contributed by atoms with Gasteiger partial charge < -0.3 is 15.4 Å². The number of benzene rings is 1. The molecule has 0 saturated carbocycles. The Balaban J connectivity index is 1.76. The van der Waals surface area contributed by atoms with E-state index in [2.05, 4.69) is 16.4 Å². The Morgan fingerprint density at radius 3 is 2.86 bits per heavy atom. The first-order valence-corrected chi connectivity index (χ1v) is 7.57. The van der Waals surface area contributed by atoms with Gasteiger partial charge in [0.2, 0.25) is 5.91 Å². The van der Waals surface area contributed by atoms with Crippen LogP contribution in [0.25, 0.3) is 10.9 Å². The summed E-state index contributed by atoms with van der Waals surface area (Å²) in [6, 6.07) is 8.10. The summed E-state index contributed by atoms with van der Waals surface area (Å²) in [7, 11) is 0. The smallest absolute Gasteiger partial charge is 0.220 e. The lowest BCUT2D eigenvalue weighted by atomic mass is 10.0. The summed E-state index contributed by atoms with van der Waals surface area (Å²) in [5.74, 6) is 0.268. The van der Waals surface area contributed by atoms with E-state index >= 15 is 0 Å². The predicted octanol–water partition coefficient (Wildman–Crippen LogP) is 2.62. The second-order valence-corrected chi connectivity index (χ2v) is 5.81. The molecule has 4 nitrogen and oxygen atoms in total. The molecule has 0 bridgehead atoms. The largest absolute Gasteiger partial charge is 0.393 e. The lowest BCUT2D eigenvalue weighted by Gasteiger charge is -2.14. The molecule has 0 aliphatic carbocycles. The molecule has 2 rings (SSSR count). The standard InChI is InChI=1S/C17H24N2O2/c1-12(2)16(20)9-10-18-17(21)8-7-13-11-19-15-6-4-3-5-14(13)15/h3-6,11-12,16,19-20H,7-10H2,1-2H3,(H,18,21). The molecule has 1 amide bonds. The molecule has 114 valence electrons. The molecule has 1 aromatic heterocycles. The van der Waals surface area contributed by atoms with Crippen molar-refractivity contribution in [3.05, 3.63) is 36.0 Å².